The van der Waals surface area contributed by atoms with Crippen LogP contribution in [0.1, 0.15) is 29.6 Å². The summed E-state index contributed by atoms with van der Waals surface area (Å²) in [5.41, 5.74) is 1.80. The zero-order valence-corrected chi connectivity index (χ0v) is 9.67. The number of fused-ring (bicyclic) bond motifs is 1. The topological polar surface area (TPSA) is 70.0 Å². The zero-order valence-electron chi connectivity index (χ0n) is 9.67. The van der Waals surface area contributed by atoms with Crippen molar-refractivity contribution < 1.29 is 14.7 Å². The number of carbonyl (C=O) groups excluding carboxylic acids is 1. The Morgan fingerprint density at radius 2 is 2.06 bits per heavy atom. The summed E-state index contributed by atoms with van der Waals surface area (Å²) >= 11 is 0. The lowest BCUT2D eigenvalue weighted by Gasteiger charge is -2.13. The van der Waals surface area contributed by atoms with Crippen LogP contribution in [0.25, 0.3) is 0 Å². The predicted octanol–water partition coefficient (Wildman–Crippen LogP) is 1.89. The maximum atomic E-state index is 12.1. The lowest BCUT2D eigenvalue weighted by molar-refractivity contribution is -0.119. The fourth-order valence-electron chi connectivity index (χ4n) is 2.47. The van der Waals surface area contributed by atoms with E-state index in [1.54, 1.807) is 12.1 Å². The molecule has 92 valence electrons. The van der Waals surface area contributed by atoms with Crippen LogP contribution in [0.3, 0.4) is 0 Å². The first kappa shape index (κ1) is 11.0. The largest absolute Gasteiger partial charge is 0.478 e. The SMILES string of the molecule is O=C(O)c1ccc(N2N=C3CCCC3C2=O)cc1. The number of anilines is 1. The molecule has 0 aromatic heterocycles. The Morgan fingerprint density at radius 3 is 2.67 bits per heavy atom. The van der Waals surface area contributed by atoms with Crippen LogP contribution in [0.15, 0.2) is 29.4 Å². The molecule has 18 heavy (non-hydrogen) atoms. The number of hydrogen-bond acceptors (Lipinski definition) is 3. The van der Waals surface area contributed by atoms with Gasteiger partial charge in [0.25, 0.3) is 5.91 Å². The Labute approximate surface area is 104 Å². The monoisotopic (exact) mass is 244 g/mol. The molecular weight excluding hydrogens is 232 g/mol. The number of hydrazone groups is 1. The third kappa shape index (κ3) is 1.59. The van der Waals surface area contributed by atoms with Crippen LogP contribution in [0.2, 0.25) is 0 Å². The molecule has 1 aliphatic carbocycles. The number of aromatic carboxylic acids is 1. The quantitative estimate of drug-likeness (QED) is 0.863. The fourth-order valence-corrected chi connectivity index (χ4v) is 2.47. The Bertz CT molecular complexity index is 548. The molecule has 5 heteroatoms. The number of carboxylic acid groups (broad SMARTS) is 1. The highest BCUT2D eigenvalue weighted by atomic mass is 16.4. The molecule has 0 bridgehead atoms. The van der Waals surface area contributed by atoms with Crippen molar-refractivity contribution in [1.82, 2.24) is 0 Å². The minimum Gasteiger partial charge on any atom is -0.478 e. The summed E-state index contributed by atoms with van der Waals surface area (Å²) in [6.45, 7) is 0. The van der Waals surface area contributed by atoms with Crippen molar-refractivity contribution in [2.24, 2.45) is 11.0 Å². The zero-order chi connectivity index (χ0) is 12.7. The van der Waals surface area contributed by atoms with Crippen LogP contribution in [0, 0.1) is 5.92 Å². The van der Waals surface area contributed by atoms with Crippen molar-refractivity contribution in [3.05, 3.63) is 29.8 Å². The van der Waals surface area contributed by atoms with Crippen LogP contribution in [-0.2, 0) is 4.79 Å². The van der Waals surface area contributed by atoms with E-state index >= 15 is 0 Å². The lowest BCUT2D eigenvalue weighted by atomic mass is 10.1. The summed E-state index contributed by atoms with van der Waals surface area (Å²) in [4.78, 5) is 22.9. The second-order valence-corrected chi connectivity index (χ2v) is 4.54. The average Bonchev–Trinajstić information content (AvgIpc) is 2.93. The molecule has 1 aromatic carbocycles. The van der Waals surface area contributed by atoms with E-state index in [2.05, 4.69) is 5.10 Å². The average molecular weight is 244 g/mol. The molecule has 1 aromatic rings. The maximum absolute atomic E-state index is 12.1. The van der Waals surface area contributed by atoms with Gasteiger partial charge in [0, 0.05) is 0 Å². The molecular formula is C13H12N2O3. The third-order valence-electron chi connectivity index (χ3n) is 3.42. The molecule has 1 amide bonds. The molecule has 1 saturated carbocycles. The summed E-state index contributed by atoms with van der Waals surface area (Å²) in [6.07, 6.45) is 2.79. The van der Waals surface area contributed by atoms with Gasteiger partial charge in [0.2, 0.25) is 0 Å². The maximum Gasteiger partial charge on any atom is 0.335 e. The Morgan fingerprint density at radius 1 is 1.33 bits per heavy atom. The summed E-state index contributed by atoms with van der Waals surface area (Å²) in [7, 11) is 0. The van der Waals surface area contributed by atoms with Gasteiger partial charge < -0.3 is 5.11 Å². The first-order valence-electron chi connectivity index (χ1n) is 5.91. The number of amides is 1. The lowest BCUT2D eigenvalue weighted by Crippen LogP contribution is -2.25. The van der Waals surface area contributed by atoms with E-state index < -0.39 is 5.97 Å². The summed E-state index contributed by atoms with van der Waals surface area (Å²) < 4.78 is 0. The van der Waals surface area contributed by atoms with Crippen LogP contribution >= 0.6 is 0 Å². The molecule has 1 aliphatic heterocycles. The van der Waals surface area contributed by atoms with Gasteiger partial charge in [0.05, 0.1) is 22.9 Å². The molecule has 2 aliphatic rings. The van der Waals surface area contributed by atoms with Crippen LogP contribution < -0.4 is 5.01 Å². The Balaban J connectivity index is 1.90. The van der Waals surface area contributed by atoms with E-state index in [1.165, 1.54) is 17.1 Å². The number of nitrogens with zero attached hydrogens (tertiary/aromatic N) is 2. The van der Waals surface area contributed by atoms with Crippen LogP contribution in [-0.4, -0.2) is 22.7 Å². The molecule has 1 unspecified atom stereocenters. The molecule has 0 spiro atoms. The van der Waals surface area contributed by atoms with Crippen molar-refractivity contribution in [3.63, 3.8) is 0 Å². The van der Waals surface area contributed by atoms with Gasteiger partial charge in [-0.1, -0.05) is 0 Å². The van der Waals surface area contributed by atoms with E-state index in [4.69, 9.17) is 5.11 Å². The number of rotatable bonds is 2. The minimum atomic E-state index is -0.975. The Hall–Kier alpha value is -2.17. The van der Waals surface area contributed by atoms with Crippen molar-refractivity contribution >= 4 is 23.3 Å². The van der Waals surface area contributed by atoms with Crippen molar-refractivity contribution in [1.29, 1.82) is 0 Å². The van der Waals surface area contributed by atoms with E-state index in [0.717, 1.165) is 25.0 Å². The van der Waals surface area contributed by atoms with E-state index in [0.29, 0.717) is 5.69 Å². The number of benzene rings is 1. The fraction of sp³-hybridized carbons (Fsp3) is 0.308. The van der Waals surface area contributed by atoms with Gasteiger partial charge in [-0.2, -0.15) is 5.10 Å². The van der Waals surface area contributed by atoms with Crippen molar-refractivity contribution in [2.75, 3.05) is 5.01 Å². The summed E-state index contributed by atoms with van der Waals surface area (Å²) in [5, 5.41) is 14.5. The number of carbonyl (C=O) groups is 2. The van der Waals surface area contributed by atoms with Gasteiger partial charge in [-0.25, -0.2) is 9.80 Å². The first-order chi connectivity index (χ1) is 8.66. The van der Waals surface area contributed by atoms with E-state index in [9.17, 15) is 9.59 Å². The molecule has 1 heterocycles. The molecule has 1 fully saturated rings. The second-order valence-electron chi connectivity index (χ2n) is 4.54. The highest BCUT2D eigenvalue weighted by molar-refractivity contribution is 6.16. The second kappa shape index (κ2) is 3.94. The van der Waals surface area contributed by atoms with Crippen LogP contribution in [0.5, 0.6) is 0 Å². The molecule has 1 atom stereocenters. The van der Waals surface area contributed by atoms with Gasteiger partial charge in [-0.05, 0) is 43.5 Å². The third-order valence-corrected chi connectivity index (χ3v) is 3.42. The highest BCUT2D eigenvalue weighted by Gasteiger charge is 2.39. The predicted molar refractivity (Wildman–Crippen MR) is 65.7 cm³/mol. The number of carboxylic acids is 1. The molecule has 5 nitrogen and oxygen atoms in total. The molecule has 0 radical (unpaired) electrons. The van der Waals surface area contributed by atoms with E-state index in [1.807, 2.05) is 0 Å². The van der Waals surface area contributed by atoms with Gasteiger partial charge in [-0.15, -0.1) is 0 Å². The van der Waals surface area contributed by atoms with Gasteiger partial charge >= 0.3 is 5.97 Å². The standard InChI is InChI=1S/C13H12N2O3/c16-12-10-2-1-3-11(10)14-15(12)9-6-4-8(5-7-9)13(17)18/h4-7,10H,1-3H2,(H,17,18). The van der Waals surface area contributed by atoms with Gasteiger partial charge in [0.1, 0.15) is 0 Å². The highest BCUT2D eigenvalue weighted by Crippen LogP contribution is 2.33. The van der Waals surface area contributed by atoms with Gasteiger partial charge in [0.15, 0.2) is 0 Å². The molecule has 1 N–H and O–H groups in total. The van der Waals surface area contributed by atoms with Crippen molar-refractivity contribution in [2.45, 2.75) is 19.3 Å². The van der Waals surface area contributed by atoms with Crippen molar-refractivity contribution in [3.8, 4) is 0 Å². The summed E-state index contributed by atoms with van der Waals surface area (Å²) in [6, 6.07) is 6.21. The van der Waals surface area contributed by atoms with E-state index in [-0.39, 0.29) is 17.4 Å². The first-order valence-corrected chi connectivity index (χ1v) is 5.91. The summed E-state index contributed by atoms with van der Waals surface area (Å²) in [5.74, 6) is -1.02. The normalized spacial score (nSPS) is 22.0. The van der Waals surface area contributed by atoms with Gasteiger partial charge in [-0.3, -0.25) is 4.79 Å². The minimum absolute atomic E-state index is 0.00516. The smallest absolute Gasteiger partial charge is 0.335 e. The molecule has 0 saturated heterocycles. The molecule has 3 rings (SSSR count). The van der Waals surface area contributed by atoms with Crippen LogP contribution in [0.4, 0.5) is 5.69 Å². The Kier molecular flexibility index (Phi) is 2.40. The number of hydrogen-bond donors (Lipinski definition) is 1.